The number of aliphatic hydroxyl groups excluding tert-OH is 1. The number of aryl methyl sites for hydroxylation is 1. The van der Waals surface area contributed by atoms with Crippen LogP contribution in [0.15, 0.2) is 58.3 Å². The summed E-state index contributed by atoms with van der Waals surface area (Å²) < 4.78 is 2.57. The second-order valence-electron chi connectivity index (χ2n) is 10.0. The van der Waals surface area contributed by atoms with Crippen molar-refractivity contribution in [2.75, 3.05) is 5.32 Å². The van der Waals surface area contributed by atoms with Gasteiger partial charge in [-0.3, -0.25) is 9.59 Å². The highest BCUT2D eigenvalue weighted by Crippen LogP contribution is 2.28. The van der Waals surface area contributed by atoms with E-state index in [9.17, 15) is 14.7 Å². The molecule has 2 heterocycles. The lowest BCUT2D eigenvalue weighted by Gasteiger charge is -2.19. The first-order valence-corrected chi connectivity index (χ1v) is 11.6. The number of aromatic nitrogens is 4. The lowest BCUT2D eigenvalue weighted by atomic mass is 9.86. The second-order valence-corrected chi connectivity index (χ2v) is 10.0. The van der Waals surface area contributed by atoms with Crippen molar-refractivity contribution in [1.29, 1.82) is 0 Å². The van der Waals surface area contributed by atoms with Crippen LogP contribution in [-0.2, 0) is 19.1 Å². The third-order valence-corrected chi connectivity index (χ3v) is 5.97. The summed E-state index contributed by atoms with van der Waals surface area (Å²) in [5, 5.41) is 23.6. The maximum atomic E-state index is 13.4. The Morgan fingerprint density at radius 2 is 1.80 bits per heavy atom. The van der Waals surface area contributed by atoms with Gasteiger partial charge in [0.25, 0.3) is 11.1 Å². The fraction of sp³-hybridized carbons (Fsp3) is 0.333. The van der Waals surface area contributed by atoms with Gasteiger partial charge < -0.3 is 10.4 Å². The molecule has 0 aliphatic heterocycles. The first-order chi connectivity index (χ1) is 16.5. The largest absolute Gasteiger partial charge is 0.392 e. The van der Waals surface area contributed by atoms with E-state index in [1.165, 1.54) is 9.36 Å². The molecule has 8 heteroatoms. The van der Waals surface area contributed by atoms with Crippen molar-refractivity contribution in [2.24, 2.45) is 7.05 Å². The molecular weight excluding hydrogens is 442 g/mol. The average Bonchev–Trinajstić information content (AvgIpc) is 2.80. The Bertz CT molecular complexity index is 1530. The molecule has 0 fully saturated rings. The number of hydrogen-bond acceptors (Lipinski definition) is 6. The SMILES string of the molecule is CC(C)Nc1cc(-c2cccc(-n3ncc4cc(C(C)(C)C)ccc4c3=O)c2CO)nn(C)c1=O. The molecule has 0 aliphatic carbocycles. The highest BCUT2D eigenvalue weighted by atomic mass is 16.3. The summed E-state index contributed by atoms with van der Waals surface area (Å²) in [6, 6.07) is 12.9. The fourth-order valence-electron chi connectivity index (χ4n) is 4.12. The van der Waals surface area contributed by atoms with Gasteiger partial charge in [0, 0.05) is 29.6 Å². The summed E-state index contributed by atoms with van der Waals surface area (Å²) in [5.74, 6) is 0. The van der Waals surface area contributed by atoms with Gasteiger partial charge in [0.15, 0.2) is 0 Å². The summed E-state index contributed by atoms with van der Waals surface area (Å²) in [6.45, 7) is 9.92. The van der Waals surface area contributed by atoms with Gasteiger partial charge in [-0.25, -0.2) is 4.68 Å². The van der Waals surface area contributed by atoms with Crippen molar-refractivity contribution >= 4 is 16.5 Å². The molecule has 0 saturated carbocycles. The molecule has 0 aliphatic rings. The molecule has 0 atom stereocenters. The monoisotopic (exact) mass is 473 g/mol. The van der Waals surface area contributed by atoms with Crippen LogP contribution < -0.4 is 16.4 Å². The van der Waals surface area contributed by atoms with Crippen molar-refractivity contribution in [3.05, 3.63) is 80.5 Å². The number of hydrogen-bond donors (Lipinski definition) is 2. The van der Waals surface area contributed by atoms with E-state index in [1.807, 2.05) is 38.1 Å². The maximum absolute atomic E-state index is 13.4. The van der Waals surface area contributed by atoms with E-state index in [2.05, 4.69) is 36.3 Å². The van der Waals surface area contributed by atoms with Gasteiger partial charge >= 0.3 is 0 Å². The summed E-state index contributed by atoms with van der Waals surface area (Å²) in [7, 11) is 1.58. The van der Waals surface area contributed by atoms with Crippen LogP contribution in [0.25, 0.3) is 27.7 Å². The zero-order valence-corrected chi connectivity index (χ0v) is 21.0. The van der Waals surface area contributed by atoms with Crippen molar-refractivity contribution in [1.82, 2.24) is 19.6 Å². The molecule has 0 unspecified atom stereocenters. The molecule has 2 N–H and O–H groups in total. The minimum Gasteiger partial charge on any atom is -0.392 e. The number of nitrogens with zero attached hydrogens (tertiary/aromatic N) is 4. The van der Waals surface area contributed by atoms with E-state index in [0.29, 0.717) is 33.6 Å². The van der Waals surface area contributed by atoms with Crippen LogP contribution in [-0.4, -0.2) is 30.7 Å². The van der Waals surface area contributed by atoms with Gasteiger partial charge in [-0.05, 0) is 49.1 Å². The Morgan fingerprint density at radius 3 is 2.46 bits per heavy atom. The Balaban J connectivity index is 1.90. The zero-order valence-electron chi connectivity index (χ0n) is 21.0. The molecule has 0 saturated heterocycles. The zero-order chi connectivity index (χ0) is 25.5. The molecule has 0 spiro atoms. The van der Waals surface area contributed by atoms with E-state index >= 15 is 0 Å². The third-order valence-electron chi connectivity index (χ3n) is 5.97. The van der Waals surface area contributed by atoms with E-state index in [0.717, 1.165) is 10.9 Å². The number of fused-ring (bicyclic) bond motifs is 1. The lowest BCUT2D eigenvalue weighted by molar-refractivity contribution is 0.281. The molecule has 0 radical (unpaired) electrons. The average molecular weight is 474 g/mol. The van der Waals surface area contributed by atoms with Crippen molar-refractivity contribution < 1.29 is 5.11 Å². The van der Waals surface area contributed by atoms with Crippen LogP contribution in [0.1, 0.15) is 45.7 Å². The number of nitrogens with one attached hydrogen (secondary N) is 1. The van der Waals surface area contributed by atoms with Crippen LogP contribution in [0.5, 0.6) is 0 Å². The Kier molecular flexibility index (Phi) is 6.34. The molecule has 182 valence electrons. The Labute approximate surface area is 203 Å². The highest BCUT2D eigenvalue weighted by Gasteiger charge is 2.19. The predicted molar refractivity (Wildman–Crippen MR) is 139 cm³/mol. The van der Waals surface area contributed by atoms with Crippen molar-refractivity contribution in [3.63, 3.8) is 0 Å². The number of rotatable bonds is 5. The van der Waals surface area contributed by atoms with E-state index in [1.54, 1.807) is 31.4 Å². The van der Waals surface area contributed by atoms with Gasteiger partial charge in [-0.1, -0.05) is 39.0 Å². The number of benzene rings is 2. The highest BCUT2D eigenvalue weighted by molar-refractivity contribution is 5.82. The first-order valence-electron chi connectivity index (χ1n) is 11.6. The Hall–Kier alpha value is -3.78. The minimum absolute atomic E-state index is 0.0481. The predicted octanol–water partition coefficient (Wildman–Crippen LogP) is 3.76. The maximum Gasteiger partial charge on any atom is 0.289 e. The third kappa shape index (κ3) is 4.61. The number of aliphatic hydroxyl groups is 1. The van der Waals surface area contributed by atoms with Gasteiger partial charge in [0.05, 0.1) is 29.6 Å². The molecular formula is C27H31N5O3. The molecule has 4 rings (SSSR count). The van der Waals surface area contributed by atoms with Crippen LogP contribution in [0.3, 0.4) is 0 Å². The quantitative estimate of drug-likeness (QED) is 0.458. The van der Waals surface area contributed by atoms with Crippen LogP contribution in [0, 0.1) is 0 Å². The van der Waals surface area contributed by atoms with E-state index in [-0.39, 0.29) is 29.2 Å². The van der Waals surface area contributed by atoms with Crippen molar-refractivity contribution in [3.8, 4) is 16.9 Å². The molecule has 2 aromatic heterocycles. The summed E-state index contributed by atoms with van der Waals surface area (Å²) in [4.78, 5) is 25.9. The smallest absolute Gasteiger partial charge is 0.289 e. The molecule has 35 heavy (non-hydrogen) atoms. The summed E-state index contributed by atoms with van der Waals surface area (Å²) in [6.07, 6.45) is 1.68. The van der Waals surface area contributed by atoms with Gasteiger partial charge in [-0.15, -0.1) is 0 Å². The lowest BCUT2D eigenvalue weighted by Crippen LogP contribution is -2.26. The van der Waals surface area contributed by atoms with E-state index < -0.39 is 0 Å². The second kappa shape index (κ2) is 9.11. The van der Waals surface area contributed by atoms with Crippen LogP contribution in [0.4, 0.5) is 5.69 Å². The standard InChI is InChI=1S/C27H31N5O3/c1-16(2)29-23-13-22(30-31(6)26(23)35)20-8-7-9-24(21(20)15-33)32-25(34)19-11-10-18(27(3,4)5)12-17(19)14-28-32/h7-14,16,29,33H,15H2,1-6H3. The van der Waals surface area contributed by atoms with E-state index in [4.69, 9.17) is 0 Å². The molecule has 0 bridgehead atoms. The topological polar surface area (TPSA) is 102 Å². The molecule has 2 aromatic carbocycles. The number of anilines is 1. The van der Waals surface area contributed by atoms with Gasteiger partial charge in [-0.2, -0.15) is 14.9 Å². The summed E-state index contributed by atoms with van der Waals surface area (Å²) >= 11 is 0. The van der Waals surface area contributed by atoms with Gasteiger partial charge in [0.2, 0.25) is 0 Å². The summed E-state index contributed by atoms with van der Waals surface area (Å²) in [5.41, 5.74) is 3.05. The normalized spacial score (nSPS) is 11.9. The first kappa shape index (κ1) is 24.3. The fourth-order valence-corrected chi connectivity index (χ4v) is 4.12. The molecule has 4 aromatic rings. The Morgan fingerprint density at radius 1 is 1.06 bits per heavy atom. The van der Waals surface area contributed by atoms with Crippen LogP contribution >= 0.6 is 0 Å². The van der Waals surface area contributed by atoms with Gasteiger partial charge in [0.1, 0.15) is 5.69 Å². The van der Waals surface area contributed by atoms with Crippen LogP contribution in [0.2, 0.25) is 0 Å². The van der Waals surface area contributed by atoms with Crippen molar-refractivity contribution in [2.45, 2.75) is 52.7 Å². The molecule has 0 amide bonds. The minimum atomic E-state index is -0.335. The molecule has 8 nitrogen and oxygen atoms in total.